The van der Waals surface area contributed by atoms with Crippen molar-refractivity contribution in [3.63, 3.8) is 0 Å². The number of carbonyl (C=O) groups excluding carboxylic acids is 1. The molecule has 0 fully saturated rings. The van der Waals surface area contributed by atoms with E-state index >= 15 is 0 Å². The zero-order valence-electron chi connectivity index (χ0n) is 12.9. The van der Waals surface area contributed by atoms with Gasteiger partial charge in [0.1, 0.15) is 5.82 Å². The largest absolute Gasteiger partial charge is 0.481 e. The number of hydrogen-bond acceptors (Lipinski definition) is 4. The van der Waals surface area contributed by atoms with Gasteiger partial charge < -0.3 is 16.2 Å². The van der Waals surface area contributed by atoms with Gasteiger partial charge in [0.25, 0.3) is 5.91 Å². The van der Waals surface area contributed by atoms with Crippen LogP contribution in [0.25, 0.3) is 0 Å². The van der Waals surface area contributed by atoms with Gasteiger partial charge in [0.05, 0.1) is 11.5 Å². The predicted octanol–water partition coefficient (Wildman–Crippen LogP) is 2.04. The monoisotopic (exact) mass is 293 g/mol. The molecule has 6 nitrogen and oxygen atoms in total. The molecule has 6 heteroatoms. The zero-order chi connectivity index (χ0) is 16.2. The molecule has 21 heavy (non-hydrogen) atoms. The van der Waals surface area contributed by atoms with Crippen molar-refractivity contribution in [3.05, 3.63) is 23.4 Å². The van der Waals surface area contributed by atoms with Crippen molar-refractivity contribution in [1.82, 2.24) is 4.98 Å². The first-order valence-corrected chi connectivity index (χ1v) is 6.84. The summed E-state index contributed by atoms with van der Waals surface area (Å²) in [5, 5.41) is 12.2. The molecule has 1 unspecified atom stereocenters. The first kappa shape index (κ1) is 16.9. The van der Waals surface area contributed by atoms with Crippen LogP contribution in [0.2, 0.25) is 0 Å². The van der Waals surface area contributed by atoms with Gasteiger partial charge in [0.2, 0.25) is 0 Å². The summed E-state index contributed by atoms with van der Waals surface area (Å²) in [6.45, 7) is 7.92. The molecule has 1 atom stereocenters. The lowest BCUT2D eigenvalue weighted by atomic mass is 9.84. The van der Waals surface area contributed by atoms with Gasteiger partial charge in [-0.15, -0.1) is 0 Å². The lowest BCUT2D eigenvalue weighted by molar-refractivity contribution is -0.142. The Hall–Kier alpha value is -2.11. The molecule has 1 heterocycles. The minimum absolute atomic E-state index is 0.0999. The molecule has 0 radical (unpaired) electrons. The molecule has 0 aliphatic heterocycles. The van der Waals surface area contributed by atoms with Gasteiger partial charge in [-0.05, 0) is 30.4 Å². The maximum Gasteiger partial charge on any atom is 0.308 e. The van der Waals surface area contributed by atoms with E-state index in [1.807, 2.05) is 20.8 Å². The summed E-state index contributed by atoms with van der Waals surface area (Å²) in [6, 6.07) is 1.69. The first-order chi connectivity index (χ1) is 9.61. The summed E-state index contributed by atoms with van der Waals surface area (Å²) < 4.78 is 0. The number of carbonyl (C=O) groups is 2. The van der Waals surface area contributed by atoms with Crippen LogP contribution in [0.3, 0.4) is 0 Å². The van der Waals surface area contributed by atoms with Gasteiger partial charge in [-0.3, -0.25) is 9.59 Å². The van der Waals surface area contributed by atoms with E-state index in [2.05, 4.69) is 10.3 Å². The van der Waals surface area contributed by atoms with Crippen LogP contribution < -0.4 is 11.1 Å². The van der Waals surface area contributed by atoms with Gasteiger partial charge in [-0.1, -0.05) is 20.8 Å². The van der Waals surface area contributed by atoms with Gasteiger partial charge in [0, 0.05) is 12.7 Å². The Labute approximate surface area is 124 Å². The second kappa shape index (κ2) is 6.56. The van der Waals surface area contributed by atoms with Crippen molar-refractivity contribution >= 4 is 17.7 Å². The molecule has 1 aromatic heterocycles. The van der Waals surface area contributed by atoms with E-state index in [0.29, 0.717) is 23.4 Å². The molecule has 0 aliphatic rings. The number of nitrogens with zero attached hydrogens (tertiary/aromatic N) is 1. The van der Waals surface area contributed by atoms with E-state index in [-0.39, 0.29) is 12.0 Å². The topological polar surface area (TPSA) is 105 Å². The molecule has 1 rings (SSSR count). The Morgan fingerprint density at radius 2 is 2.05 bits per heavy atom. The van der Waals surface area contributed by atoms with Crippen LogP contribution in [0.15, 0.2) is 12.3 Å². The number of carboxylic acids is 1. The molecule has 1 aromatic rings. The molecule has 0 saturated heterocycles. The Morgan fingerprint density at radius 1 is 1.43 bits per heavy atom. The van der Waals surface area contributed by atoms with Gasteiger partial charge in [0.15, 0.2) is 0 Å². The number of carboxylic acid groups (broad SMARTS) is 1. The average Bonchev–Trinajstić information content (AvgIpc) is 2.32. The number of aromatic nitrogens is 1. The smallest absolute Gasteiger partial charge is 0.308 e. The summed E-state index contributed by atoms with van der Waals surface area (Å²) in [4.78, 5) is 26.9. The number of primary amides is 1. The third-order valence-corrected chi connectivity index (χ3v) is 3.13. The number of nitrogens with two attached hydrogens (primary N) is 1. The summed E-state index contributed by atoms with van der Waals surface area (Å²) >= 11 is 0. The zero-order valence-corrected chi connectivity index (χ0v) is 12.9. The first-order valence-electron chi connectivity index (χ1n) is 6.84. The van der Waals surface area contributed by atoms with E-state index in [0.717, 1.165) is 0 Å². The molecule has 1 amide bonds. The highest BCUT2D eigenvalue weighted by Crippen LogP contribution is 2.25. The van der Waals surface area contributed by atoms with Crippen LogP contribution in [-0.4, -0.2) is 28.5 Å². The molecule has 116 valence electrons. The van der Waals surface area contributed by atoms with E-state index in [1.54, 1.807) is 19.2 Å². The maximum atomic E-state index is 11.5. The second-order valence-electron chi connectivity index (χ2n) is 6.40. The van der Waals surface area contributed by atoms with Crippen molar-refractivity contribution in [2.75, 3.05) is 11.9 Å². The van der Waals surface area contributed by atoms with Crippen molar-refractivity contribution in [2.45, 2.75) is 34.1 Å². The third-order valence-electron chi connectivity index (χ3n) is 3.13. The lowest BCUT2D eigenvalue weighted by Crippen LogP contribution is -2.28. The van der Waals surface area contributed by atoms with Crippen LogP contribution >= 0.6 is 0 Å². The van der Waals surface area contributed by atoms with Gasteiger partial charge >= 0.3 is 5.97 Å². The highest BCUT2D eigenvalue weighted by atomic mass is 16.4. The van der Waals surface area contributed by atoms with Crippen LogP contribution in [-0.2, 0) is 4.79 Å². The Morgan fingerprint density at radius 3 is 2.52 bits per heavy atom. The average molecular weight is 293 g/mol. The number of amides is 1. The van der Waals surface area contributed by atoms with Gasteiger partial charge in [-0.25, -0.2) is 4.98 Å². The van der Waals surface area contributed by atoms with Crippen molar-refractivity contribution in [3.8, 4) is 0 Å². The second-order valence-corrected chi connectivity index (χ2v) is 6.40. The number of aliphatic carboxylic acids is 1. The molecule has 0 bridgehead atoms. The van der Waals surface area contributed by atoms with Gasteiger partial charge in [-0.2, -0.15) is 0 Å². The fourth-order valence-electron chi connectivity index (χ4n) is 2.21. The number of anilines is 1. The fourth-order valence-corrected chi connectivity index (χ4v) is 2.21. The number of pyridine rings is 1. The summed E-state index contributed by atoms with van der Waals surface area (Å²) in [7, 11) is 0. The highest BCUT2D eigenvalue weighted by molar-refractivity contribution is 5.99. The highest BCUT2D eigenvalue weighted by Gasteiger charge is 2.25. The summed E-state index contributed by atoms with van der Waals surface area (Å²) in [5.74, 6) is -1.67. The summed E-state index contributed by atoms with van der Waals surface area (Å²) in [5.41, 5.74) is 6.26. The summed E-state index contributed by atoms with van der Waals surface area (Å²) in [6.07, 6.45) is 2.08. The van der Waals surface area contributed by atoms with Crippen molar-refractivity contribution < 1.29 is 14.7 Å². The van der Waals surface area contributed by atoms with Crippen molar-refractivity contribution in [2.24, 2.45) is 17.1 Å². The molecule has 0 spiro atoms. The molecular formula is C15H23N3O3. The minimum Gasteiger partial charge on any atom is -0.481 e. The van der Waals surface area contributed by atoms with Crippen LogP contribution in [0.1, 0.15) is 43.1 Å². The van der Waals surface area contributed by atoms with Crippen LogP contribution in [0.5, 0.6) is 0 Å². The van der Waals surface area contributed by atoms with E-state index in [4.69, 9.17) is 5.73 Å². The minimum atomic E-state index is -0.870. The number of hydrogen-bond donors (Lipinski definition) is 3. The Bertz CT molecular complexity index is 535. The van der Waals surface area contributed by atoms with Crippen LogP contribution in [0, 0.1) is 18.3 Å². The third kappa shape index (κ3) is 5.06. The predicted molar refractivity (Wildman–Crippen MR) is 81.2 cm³/mol. The molecule has 0 aliphatic carbocycles. The quantitative estimate of drug-likeness (QED) is 0.744. The Balaban J connectivity index is 2.89. The molecular weight excluding hydrogens is 270 g/mol. The van der Waals surface area contributed by atoms with E-state index in [1.165, 1.54) is 0 Å². The number of aryl methyl sites for hydroxylation is 1. The number of rotatable bonds is 6. The van der Waals surface area contributed by atoms with Crippen LogP contribution in [0.4, 0.5) is 5.82 Å². The van der Waals surface area contributed by atoms with Crippen molar-refractivity contribution in [1.29, 1.82) is 0 Å². The lowest BCUT2D eigenvalue weighted by Gasteiger charge is -2.24. The fraction of sp³-hybridized carbons (Fsp3) is 0.533. The normalized spacial score (nSPS) is 12.8. The molecule has 4 N–H and O–H groups in total. The number of nitrogens with one attached hydrogen (secondary N) is 1. The molecule has 0 aromatic carbocycles. The molecule has 0 saturated carbocycles. The van der Waals surface area contributed by atoms with E-state index < -0.39 is 17.8 Å². The Kier molecular flexibility index (Phi) is 5.29. The SMILES string of the molecule is Cc1ccnc(NCC(CC(C)(C)C)C(=O)O)c1C(N)=O. The maximum absolute atomic E-state index is 11.5. The van der Waals surface area contributed by atoms with E-state index in [9.17, 15) is 14.7 Å². The standard InChI is InChI=1S/C15H23N3O3/c1-9-5-6-17-13(11(9)12(16)19)18-8-10(14(20)21)7-15(2,3)4/h5-6,10H,7-8H2,1-4H3,(H2,16,19)(H,17,18)(H,20,21).